The molecule has 0 fully saturated rings. The van der Waals surface area contributed by atoms with Crippen molar-refractivity contribution in [3.63, 3.8) is 0 Å². The van der Waals surface area contributed by atoms with Crippen molar-refractivity contribution in [3.8, 4) is 0 Å². The van der Waals surface area contributed by atoms with Crippen molar-refractivity contribution in [2.24, 2.45) is 0 Å². The molecule has 1 amide bonds. The number of halogens is 1. The van der Waals surface area contributed by atoms with Gasteiger partial charge in [0.2, 0.25) is 5.91 Å². The Kier molecular flexibility index (Phi) is 5.10. The van der Waals surface area contributed by atoms with Crippen molar-refractivity contribution in [1.29, 1.82) is 0 Å². The smallest absolute Gasteiger partial charge is 0.220 e. The summed E-state index contributed by atoms with van der Waals surface area (Å²) < 4.78 is 12.7. The zero-order valence-corrected chi connectivity index (χ0v) is 10.1. The number of aliphatic hydroxyl groups excluding tert-OH is 1. The van der Waals surface area contributed by atoms with Crippen LogP contribution in [0.5, 0.6) is 0 Å². The lowest BCUT2D eigenvalue weighted by Crippen LogP contribution is -2.30. The van der Waals surface area contributed by atoms with Gasteiger partial charge in [-0.25, -0.2) is 4.39 Å². The molecule has 1 atom stereocenters. The fourth-order valence-electron chi connectivity index (χ4n) is 1.51. The van der Waals surface area contributed by atoms with Gasteiger partial charge in [0, 0.05) is 12.5 Å². The third-order valence-electron chi connectivity index (χ3n) is 2.35. The molecule has 2 N–H and O–H groups in total. The summed E-state index contributed by atoms with van der Waals surface area (Å²) in [4.78, 5) is 11.4. The van der Waals surface area contributed by atoms with Crippen LogP contribution in [0.2, 0.25) is 0 Å². The van der Waals surface area contributed by atoms with E-state index in [0.717, 1.165) is 0 Å². The van der Waals surface area contributed by atoms with E-state index in [4.69, 9.17) is 0 Å². The van der Waals surface area contributed by atoms with Crippen LogP contribution in [0.4, 0.5) is 4.39 Å². The number of rotatable bonds is 5. The van der Waals surface area contributed by atoms with Crippen molar-refractivity contribution in [1.82, 2.24) is 5.32 Å². The molecule has 94 valence electrons. The predicted octanol–water partition coefficient (Wildman–Crippen LogP) is 2.16. The number of aliphatic hydroxyl groups is 1. The molecule has 0 aliphatic carbocycles. The minimum atomic E-state index is -0.728. The first-order valence-electron chi connectivity index (χ1n) is 5.72. The van der Waals surface area contributed by atoms with Crippen LogP contribution < -0.4 is 5.32 Å². The summed E-state index contributed by atoms with van der Waals surface area (Å²) in [5.41, 5.74) is 0.628. The summed E-state index contributed by atoms with van der Waals surface area (Å²) in [6.45, 7) is 3.77. The lowest BCUT2D eigenvalue weighted by atomic mass is 10.0. The van der Waals surface area contributed by atoms with Crippen LogP contribution in [0.1, 0.15) is 38.4 Å². The van der Waals surface area contributed by atoms with E-state index in [2.05, 4.69) is 5.32 Å². The molecule has 0 bridgehead atoms. The quantitative estimate of drug-likeness (QED) is 0.827. The SMILES string of the molecule is CC(C)NC(=O)CCC(O)c1ccc(F)cc1. The first kappa shape index (κ1) is 13.6. The van der Waals surface area contributed by atoms with Crippen molar-refractivity contribution in [2.75, 3.05) is 0 Å². The Hall–Kier alpha value is -1.42. The van der Waals surface area contributed by atoms with Crippen LogP contribution in [0.3, 0.4) is 0 Å². The number of carbonyl (C=O) groups is 1. The number of nitrogens with one attached hydrogen (secondary N) is 1. The third kappa shape index (κ3) is 4.95. The van der Waals surface area contributed by atoms with Gasteiger partial charge < -0.3 is 10.4 Å². The van der Waals surface area contributed by atoms with E-state index in [1.807, 2.05) is 13.8 Å². The maximum absolute atomic E-state index is 12.7. The van der Waals surface area contributed by atoms with E-state index in [9.17, 15) is 14.3 Å². The Labute approximate surface area is 101 Å². The number of carbonyl (C=O) groups excluding carboxylic acids is 1. The van der Waals surface area contributed by atoms with Crippen LogP contribution in [-0.4, -0.2) is 17.1 Å². The van der Waals surface area contributed by atoms with Crippen LogP contribution >= 0.6 is 0 Å². The first-order chi connectivity index (χ1) is 7.99. The summed E-state index contributed by atoms with van der Waals surface area (Å²) in [7, 11) is 0. The minimum Gasteiger partial charge on any atom is -0.388 e. The van der Waals surface area contributed by atoms with Crippen molar-refractivity contribution in [3.05, 3.63) is 35.6 Å². The normalized spacial score (nSPS) is 12.5. The standard InChI is InChI=1S/C13H18FNO2/c1-9(2)15-13(17)8-7-12(16)10-3-5-11(14)6-4-10/h3-6,9,12,16H,7-8H2,1-2H3,(H,15,17). The lowest BCUT2D eigenvalue weighted by molar-refractivity contribution is -0.122. The highest BCUT2D eigenvalue weighted by Gasteiger charge is 2.10. The monoisotopic (exact) mass is 239 g/mol. The van der Waals surface area contributed by atoms with Crippen molar-refractivity contribution < 1.29 is 14.3 Å². The highest BCUT2D eigenvalue weighted by Crippen LogP contribution is 2.18. The van der Waals surface area contributed by atoms with Crippen LogP contribution in [-0.2, 0) is 4.79 Å². The van der Waals surface area contributed by atoms with Gasteiger partial charge in [-0.05, 0) is 38.0 Å². The molecule has 1 aromatic rings. The molecule has 4 heteroatoms. The number of hydrogen-bond acceptors (Lipinski definition) is 2. The fraction of sp³-hybridized carbons (Fsp3) is 0.462. The zero-order chi connectivity index (χ0) is 12.8. The predicted molar refractivity (Wildman–Crippen MR) is 63.9 cm³/mol. The van der Waals surface area contributed by atoms with E-state index in [1.165, 1.54) is 24.3 Å². The van der Waals surface area contributed by atoms with Gasteiger partial charge in [0.15, 0.2) is 0 Å². The molecule has 0 saturated heterocycles. The van der Waals surface area contributed by atoms with Crippen LogP contribution in [0.25, 0.3) is 0 Å². The second-order valence-corrected chi connectivity index (χ2v) is 4.33. The molecule has 0 spiro atoms. The molecule has 0 aromatic heterocycles. The molecule has 0 heterocycles. The topological polar surface area (TPSA) is 49.3 Å². The number of hydrogen-bond donors (Lipinski definition) is 2. The molecule has 17 heavy (non-hydrogen) atoms. The second kappa shape index (κ2) is 6.35. The van der Waals surface area contributed by atoms with E-state index >= 15 is 0 Å². The molecule has 1 unspecified atom stereocenters. The molecule has 0 aliphatic heterocycles. The molecule has 3 nitrogen and oxygen atoms in total. The summed E-state index contributed by atoms with van der Waals surface area (Å²) >= 11 is 0. The Morgan fingerprint density at radius 1 is 1.35 bits per heavy atom. The molecule has 1 rings (SSSR count). The Balaban J connectivity index is 2.42. The van der Waals surface area contributed by atoms with Crippen molar-refractivity contribution >= 4 is 5.91 Å². The van der Waals surface area contributed by atoms with Gasteiger partial charge in [0.1, 0.15) is 5.82 Å². The lowest BCUT2D eigenvalue weighted by Gasteiger charge is -2.12. The summed E-state index contributed by atoms with van der Waals surface area (Å²) in [6.07, 6.45) is -0.130. The van der Waals surface area contributed by atoms with Gasteiger partial charge in [0.25, 0.3) is 0 Å². The zero-order valence-electron chi connectivity index (χ0n) is 10.1. The summed E-state index contributed by atoms with van der Waals surface area (Å²) in [5, 5.41) is 12.5. The maximum Gasteiger partial charge on any atom is 0.220 e. The number of benzene rings is 1. The van der Waals surface area contributed by atoms with Gasteiger partial charge in [-0.15, -0.1) is 0 Å². The third-order valence-corrected chi connectivity index (χ3v) is 2.35. The maximum atomic E-state index is 12.7. The molecule has 0 saturated carbocycles. The minimum absolute atomic E-state index is 0.0823. The second-order valence-electron chi connectivity index (χ2n) is 4.33. The van der Waals surface area contributed by atoms with E-state index in [0.29, 0.717) is 12.0 Å². The van der Waals surface area contributed by atoms with Crippen LogP contribution in [0, 0.1) is 5.82 Å². The highest BCUT2D eigenvalue weighted by atomic mass is 19.1. The molecule has 1 aromatic carbocycles. The average molecular weight is 239 g/mol. The van der Waals surface area contributed by atoms with Gasteiger partial charge >= 0.3 is 0 Å². The molecule has 0 aliphatic rings. The highest BCUT2D eigenvalue weighted by molar-refractivity contribution is 5.76. The molecular weight excluding hydrogens is 221 g/mol. The summed E-state index contributed by atoms with van der Waals surface area (Å²) in [5.74, 6) is -0.417. The first-order valence-corrected chi connectivity index (χ1v) is 5.72. The van der Waals surface area contributed by atoms with Gasteiger partial charge in [-0.1, -0.05) is 12.1 Å². The largest absolute Gasteiger partial charge is 0.388 e. The summed E-state index contributed by atoms with van der Waals surface area (Å²) in [6, 6.07) is 5.76. The Morgan fingerprint density at radius 2 is 1.94 bits per heavy atom. The van der Waals surface area contributed by atoms with E-state index < -0.39 is 6.10 Å². The van der Waals surface area contributed by atoms with Gasteiger partial charge in [-0.3, -0.25) is 4.79 Å². The number of amides is 1. The molecule has 0 radical (unpaired) electrons. The average Bonchev–Trinajstić information content (AvgIpc) is 2.26. The van der Waals surface area contributed by atoms with Crippen molar-refractivity contribution in [2.45, 2.75) is 38.8 Å². The Morgan fingerprint density at radius 3 is 2.47 bits per heavy atom. The van der Waals surface area contributed by atoms with E-state index in [-0.39, 0.29) is 24.2 Å². The Bertz CT molecular complexity index is 362. The van der Waals surface area contributed by atoms with Crippen LogP contribution in [0.15, 0.2) is 24.3 Å². The molecular formula is C13H18FNO2. The van der Waals surface area contributed by atoms with Gasteiger partial charge in [-0.2, -0.15) is 0 Å². The fourth-order valence-corrected chi connectivity index (χ4v) is 1.51. The van der Waals surface area contributed by atoms with E-state index in [1.54, 1.807) is 0 Å². The van der Waals surface area contributed by atoms with Gasteiger partial charge in [0.05, 0.1) is 6.10 Å².